The minimum absolute atomic E-state index is 0.0278. The number of fused-ring (bicyclic) bond motifs is 1. The third-order valence-corrected chi connectivity index (χ3v) is 3.82. The Morgan fingerprint density at radius 1 is 1.19 bits per heavy atom. The van der Waals surface area contributed by atoms with E-state index >= 15 is 0 Å². The Balaban J connectivity index is 1.97. The molecule has 0 unspecified atom stereocenters. The molecule has 0 aliphatic carbocycles. The molecule has 1 heterocycles. The highest BCUT2D eigenvalue weighted by Crippen LogP contribution is 2.35. The van der Waals surface area contributed by atoms with Gasteiger partial charge >= 0.3 is 0 Å². The molecule has 3 nitrogen and oxygen atoms in total. The van der Waals surface area contributed by atoms with Crippen LogP contribution in [0.5, 0.6) is 5.75 Å². The van der Waals surface area contributed by atoms with E-state index in [1.807, 2.05) is 31.2 Å². The lowest BCUT2D eigenvalue weighted by Gasteiger charge is -2.16. The van der Waals surface area contributed by atoms with E-state index in [2.05, 4.69) is 13.8 Å². The maximum atomic E-state index is 12.7. The number of ether oxygens (including phenoxy) is 1. The zero-order valence-electron chi connectivity index (χ0n) is 12.6. The molecule has 1 aliphatic rings. The van der Waals surface area contributed by atoms with E-state index in [1.165, 1.54) is 0 Å². The van der Waals surface area contributed by atoms with Crippen LogP contribution in [0, 0.1) is 6.92 Å². The van der Waals surface area contributed by atoms with Crippen LogP contribution in [0.3, 0.4) is 0 Å². The number of aryl methyl sites for hydroxylation is 1. The van der Waals surface area contributed by atoms with Crippen molar-refractivity contribution in [2.24, 2.45) is 0 Å². The number of carbonyl (C=O) groups is 1. The van der Waals surface area contributed by atoms with E-state index in [9.17, 15) is 4.79 Å². The average molecular weight is 281 g/mol. The Labute approximate surface area is 124 Å². The fourth-order valence-corrected chi connectivity index (χ4v) is 2.85. The molecule has 0 saturated carbocycles. The molecule has 0 radical (unpaired) electrons. The number of carbonyl (C=O) groups excluding carboxylic acids is 1. The minimum Gasteiger partial charge on any atom is -0.487 e. The molecule has 1 aliphatic heterocycles. The van der Waals surface area contributed by atoms with Crippen LogP contribution < -0.4 is 10.5 Å². The van der Waals surface area contributed by atoms with Crippen molar-refractivity contribution in [3.63, 3.8) is 0 Å². The van der Waals surface area contributed by atoms with Gasteiger partial charge < -0.3 is 10.5 Å². The first-order chi connectivity index (χ1) is 9.85. The number of ketones is 1. The highest BCUT2D eigenvalue weighted by atomic mass is 16.5. The quantitative estimate of drug-likeness (QED) is 0.677. The van der Waals surface area contributed by atoms with E-state index in [4.69, 9.17) is 10.5 Å². The molecule has 0 aromatic heterocycles. The van der Waals surface area contributed by atoms with E-state index in [0.29, 0.717) is 16.8 Å². The van der Waals surface area contributed by atoms with Crippen molar-refractivity contribution < 1.29 is 9.53 Å². The van der Waals surface area contributed by atoms with Gasteiger partial charge in [-0.2, -0.15) is 0 Å². The first-order valence-corrected chi connectivity index (χ1v) is 7.08. The van der Waals surface area contributed by atoms with Gasteiger partial charge in [-0.25, -0.2) is 0 Å². The lowest BCUT2D eigenvalue weighted by atomic mass is 9.95. The summed E-state index contributed by atoms with van der Waals surface area (Å²) < 4.78 is 5.85. The van der Waals surface area contributed by atoms with E-state index in [-0.39, 0.29) is 11.4 Å². The molecule has 0 amide bonds. The predicted molar refractivity (Wildman–Crippen MR) is 83.9 cm³/mol. The number of rotatable bonds is 2. The second kappa shape index (κ2) is 4.62. The molecular weight excluding hydrogens is 262 g/mol. The first kappa shape index (κ1) is 13.7. The Hall–Kier alpha value is -2.29. The maximum Gasteiger partial charge on any atom is 0.193 e. The third-order valence-electron chi connectivity index (χ3n) is 3.82. The summed E-state index contributed by atoms with van der Waals surface area (Å²) in [5.74, 6) is 0.908. The summed E-state index contributed by atoms with van der Waals surface area (Å²) in [5.41, 5.74) is 9.61. The lowest BCUT2D eigenvalue weighted by Crippen LogP contribution is -2.24. The first-order valence-electron chi connectivity index (χ1n) is 7.08. The standard InChI is InChI=1S/C18H19NO2/c1-11-8-14(19)5-6-15(11)17(20)12-4-7-16-13(9-12)10-18(2,3)21-16/h4-9H,10,19H2,1-3H3. The van der Waals surface area contributed by atoms with Gasteiger partial charge in [-0.1, -0.05) is 0 Å². The van der Waals surface area contributed by atoms with Crippen LogP contribution in [-0.4, -0.2) is 11.4 Å². The van der Waals surface area contributed by atoms with Crippen LogP contribution in [0.4, 0.5) is 5.69 Å². The molecule has 2 N–H and O–H groups in total. The number of hydrogen-bond donors (Lipinski definition) is 1. The van der Waals surface area contributed by atoms with Gasteiger partial charge in [0, 0.05) is 23.2 Å². The zero-order valence-corrected chi connectivity index (χ0v) is 12.6. The van der Waals surface area contributed by atoms with Gasteiger partial charge in [0.1, 0.15) is 11.4 Å². The molecule has 3 rings (SSSR count). The van der Waals surface area contributed by atoms with Gasteiger partial charge in [0.2, 0.25) is 0 Å². The molecular formula is C18H19NO2. The van der Waals surface area contributed by atoms with Crippen molar-refractivity contribution in [2.75, 3.05) is 5.73 Å². The Kier molecular flexibility index (Phi) is 3.01. The second-order valence-electron chi connectivity index (χ2n) is 6.26. The molecule has 0 fully saturated rings. The Morgan fingerprint density at radius 2 is 1.95 bits per heavy atom. The number of anilines is 1. The van der Waals surface area contributed by atoms with Crippen molar-refractivity contribution in [1.82, 2.24) is 0 Å². The predicted octanol–water partition coefficient (Wildman–Crippen LogP) is 3.52. The monoisotopic (exact) mass is 281 g/mol. The number of benzene rings is 2. The van der Waals surface area contributed by atoms with Gasteiger partial charge in [-0.3, -0.25) is 4.79 Å². The molecule has 108 valence electrons. The largest absolute Gasteiger partial charge is 0.487 e. The number of nitrogen functional groups attached to an aromatic ring is 1. The van der Waals surface area contributed by atoms with Crippen molar-refractivity contribution in [3.8, 4) is 5.75 Å². The van der Waals surface area contributed by atoms with Crippen LogP contribution in [0.15, 0.2) is 36.4 Å². The summed E-state index contributed by atoms with van der Waals surface area (Å²) >= 11 is 0. The molecule has 21 heavy (non-hydrogen) atoms. The van der Waals surface area contributed by atoms with Crippen molar-refractivity contribution in [1.29, 1.82) is 0 Å². The summed E-state index contributed by atoms with van der Waals surface area (Å²) in [6.45, 7) is 6.01. The summed E-state index contributed by atoms with van der Waals surface area (Å²) in [7, 11) is 0. The average Bonchev–Trinajstić information content (AvgIpc) is 2.70. The summed E-state index contributed by atoms with van der Waals surface area (Å²) in [6.07, 6.45) is 0.824. The van der Waals surface area contributed by atoms with E-state index in [0.717, 1.165) is 23.3 Å². The van der Waals surface area contributed by atoms with Gasteiger partial charge in [0.05, 0.1) is 0 Å². The molecule has 0 atom stereocenters. The molecule has 2 aromatic rings. The van der Waals surface area contributed by atoms with Crippen LogP contribution in [0.2, 0.25) is 0 Å². The van der Waals surface area contributed by atoms with Crippen molar-refractivity contribution in [3.05, 3.63) is 58.7 Å². The molecule has 0 bridgehead atoms. The van der Waals surface area contributed by atoms with Crippen LogP contribution in [0.1, 0.15) is 40.9 Å². The maximum absolute atomic E-state index is 12.7. The smallest absolute Gasteiger partial charge is 0.193 e. The van der Waals surface area contributed by atoms with Gasteiger partial charge in [0.25, 0.3) is 0 Å². The number of hydrogen-bond acceptors (Lipinski definition) is 3. The zero-order chi connectivity index (χ0) is 15.2. The Bertz CT molecular complexity index is 732. The highest BCUT2D eigenvalue weighted by molar-refractivity contribution is 6.10. The number of nitrogens with two attached hydrogens (primary N) is 1. The molecule has 0 spiro atoms. The third kappa shape index (κ3) is 2.51. The lowest BCUT2D eigenvalue weighted by molar-refractivity contribution is 0.103. The summed E-state index contributed by atoms with van der Waals surface area (Å²) in [5, 5.41) is 0. The van der Waals surface area contributed by atoms with Gasteiger partial charge in [-0.05, 0) is 68.3 Å². The fourth-order valence-electron chi connectivity index (χ4n) is 2.85. The second-order valence-corrected chi connectivity index (χ2v) is 6.26. The van der Waals surface area contributed by atoms with Gasteiger partial charge in [0.15, 0.2) is 5.78 Å². The highest BCUT2D eigenvalue weighted by Gasteiger charge is 2.30. The summed E-state index contributed by atoms with van der Waals surface area (Å²) in [6, 6.07) is 11.1. The minimum atomic E-state index is -0.193. The fraction of sp³-hybridized carbons (Fsp3) is 0.278. The SMILES string of the molecule is Cc1cc(N)ccc1C(=O)c1ccc2c(c1)CC(C)(C)O2. The van der Waals surface area contributed by atoms with Crippen molar-refractivity contribution in [2.45, 2.75) is 32.8 Å². The summed E-state index contributed by atoms with van der Waals surface area (Å²) in [4.78, 5) is 12.7. The van der Waals surface area contributed by atoms with Crippen LogP contribution in [0.25, 0.3) is 0 Å². The normalized spacial score (nSPS) is 15.4. The topological polar surface area (TPSA) is 52.3 Å². The van der Waals surface area contributed by atoms with Crippen LogP contribution >= 0.6 is 0 Å². The van der Waals surface area contributed by atoms with Crippen molar-refractivity contribution >= 4 is 11.5 Å². The van der Waals surface area contributed by atoms with Gasteiger partial charge in [-0.15, -0.1) is 0 Å². The van der Waals surface area contributed by atoms with Crippen LogP contribution in [-0.2, 0) is 6.42 Å². The van der Waals surface area contributed by atoms with E-state index in [1.54, 1.807) is 12.1 Å². The van der Waals surface area contributed by atoms with E-state index < -0.39 is 0 Å². The molecule has 2 aromatic carbocycles. The molecule has 3 heteroatoms. The molecule has 0 saturated heterocycles. The Morgan fingerprint density at radius 3 is 2.67 bits per heavy atom.